The average molecular weight is 369 g/mol. The smallest absolute Gasteiger partial charge is 0.186 e. The minimum Gasteiger partial charge on any atom is -0.418 e. The molecule has 2 nitrogen and oxygen atoms in total. The highest BCUT2D eigenvalue weighted by molar-refractivity contribution is 6.71. The second kappa shape index (κ2) is 11.8. The summed E-state index contributed by atoms with van der Waals surface area (Å²) in [4.78, 5) is 0. The lowest BCUT2D eigenvalue weighted by Gasteiger charge is -2.21. The second-order valence-electron chi connectivity index (χ2n) is 9.16. The van der Waals surface area contributed by atoms with E-state index in [1.807, 2.05) is 0 Å². The van der Waals surface area contributed by atoms with Crippen LogP contribution in [0.5, 0.6) is 0 Å². The molecule has 148 valence electrons. The zero-order chi connectivity index (χ0) is 18.0. The molecular formula is C22H44O2Si. The topological polar surface area (TPSA) is 21.8 Å². The van der Waals surface area contributed by atoms with E-state index in [4.69, 9.17) is 9.16 Å². The Balaban J connectivity index is 1.28. The van der Waals surface area contributed by atoms with Gasteiger partial charge in [-0.3, -0.25) is 0 Å². The summed E-state index contributed by atoms with van der Waals surface area (Å²) in [6.45, 7) is 7.75. The monoisotopic (exact) mass is 368 g/mol. The van der Waals surface area contributed by atoms with Gasteiger partial charge >= 0.3 is 0 Å². The van der Waals surface area contributed by atoms with Gasteiger partial charge < -0.3 is 9.16 Å². The van der Waals surface area contributed by atoms with E-state index in [1.165, 1.54) is 95.9 Å². The molecule has 0 bridgehead atoms. The Bertz CT molecular complexity index is 345. The summed E-state index contributed by atoms with van der Waals surface area (Å²) in [6.07, 6.45) is 21.4. The highest BCUT2D eigenvalue weighted by atomic mass is 28.4. The largest absolute Gasteiger partial charge is 0.418 e. The first-order chi connectivity index (χ1) is 12.1. The molecule has 0 aromatic rings. The van der Waals surface area contributed by atoms with Crippen LogP contribution in [0.1, 0.15) is 96.8 Å². The quantitative estimate of drug-likeness (QED) is 0.175. The van der Waals surface area contributed by atoms with Gasteiger partial charge in [0, 0.05) is 6.61 Å². The van der Waals surface area contributed by atoms with Crippen molar-refractivity contribution in [3.8, 4) is 0 Å². The van der Waals surface area contributed by atoms with Gasteiger partial charge in [0.05, 0.1) is 12.2 Å². The molecule has 25 heavy (non-hydrogen) atoms. The first-order valence-corrected chi connectivity index (χ1v) is 14.5. The first kappa shape index (κ1) is 21.4. The van der Waals surface area contributed by atoms with Crippen molar-refractivity contribution in [3.05, 3.63) is 0 Å². The Labute approximate surface area is 158 Å². The number of epoxide rings is 1. The van der Waals surface area contributed by atoms with Crippen LogP contribution in [-0.4, -0.2) is 27.1 Å². The maximum Gasteiger partial charge on any atom is 0.186 e. The molecule has 0 radical (unpaired) electrons. The van der Waals surface area contributed by atoms with E-state index in [0.717, 1.165) is 12.5 Å². The van der Waals surface area contributed by atoms with Crippen LogP contribution in [0, 0.1) is 5.92 Å². The summed E-state index contributed by atoms with van der Waals surface area (Å²) in [5.74, 6) is 0.986. The molecule has 1 saturated carbocycles. The maximum absolute atomic E-state index is 5.90. The van der Waals surface area contributed by atoms with Gasteiger partial charge in [-0.05, 0) is 51.2 Å². The lowest BCUT2D eigenvalue weighted by atomic mass is 9.85. The SMILES string of the molecule is CCO[Si](C)(C)CCCCCCCCCCCCC1CCC2OC2C1. The normalized spacial score (nSPS) is 25.8. The molecule has 0 spiro atoms. The molecule has 0 N–H and O–H groups in total. The molecule has 2 rings (SSSR count). The molecule has 3 heteroatoms. The molecule has 0 aromatic carbocycles. The number of rotatable bonds is 15. The Hall–Kier alpha value is 0.137. The van der Waals surface area contributed by atoms with Crippen molar-refractivity contribution in [2.24, 2.45) is 5.92 Å². The van der Waals surface area contributed by atoms with E-state index < -0.39 is 8.32 Å². The van der Waals surface area contributed by atoms with Crippen LogP contribution in [0.4, 0.5) is 0 Å². The van der Waals surface area contributed by atoms with Crippen LogP contribution in [0.15, 0.2) is 0 Å². The summed E-state index contributed by atoms with van der Waals surface area (Å²) in [5, 5.41) is 0. The molecule has 1 aliphatic heterocycles. The first-order valence-electron chi connectivity index (χ1n) is 11.4. The fourth-order valence-electron chi connectivity index (χ4n) is 4.61. The Morgan fingerprint density at radius 2 is 1.40 bits per heavy atom. The second-order valence-corrected chi connectivity index (χ2v) is 13.5. The third-order valence-electron chi connectivity index (χ3n) is 6.29. The summed E-state index contributed by atoms with van der Waals surface area (Å²) in [7, 11) is -1.32. The molecule has 2 aliphatic rings. The lowest BCUT2D eigenvalue weighted by Crippen LogP contribution is -2.29. The van der Waals surface area contributed by atoms with E-state index >= 15 is 0 Å². The van der Waals surface area contributed by atoms with Crippen LogP contribution < -0.4 is 0 Å². The standard InChI is InChI=1S/C22H44O2Si/c1-4-23-25(2,3)18-14-12-10-8-6-5-7-9-11-13-15-20-16-17-21-22(19-20)24-21/h20-22H,4-19H2,1-3H3. The maximum atomic E-state index is 5.90. The van der Waals surface area contributed by atoms with E-state index in [-0.39, 0.29) is 0 Å². The zero-order valence-electron chi connectivity index (χ0n) is 17.4. The van der Waals surface area contributed by atoms with Crippen LogP contribution in [0.3, 0.4) is 0 Å². The number of hydrogen-bond acceptors (Lipinski definition) is 2. The van der Waals surface area contributed by atoms with Gasteiger partial charge in [0.15, 0.2) is 8.32 Å². The fourth-order valence-corrected chi connectivity index (χ4v) is 6.64. The number of unbranched alkanes of at least 4 members (excludes halogenated alkanes) is 9. The highest BCUT2D eigenvalue weighted by Gasteiger charge is 2.43. The van der Waals surface area contributed by atoms with Crippen LogP contribution in [0.2, 0.25) is 19.1 Å². The zero-order valence-corrected chi connectivity index (χ0v) is 18.4. The van der Waals surface area contributed by atoms with Gasteiger partial charge in [0.1, 0.15) is 0 Å². The van der Waals surface area contributed by atoms with E-state index in [1.54, 1.807) is 0 Å². The molecule has 1 saturated heterocycles. The molecular weight excluding hydrogens is 324 g/mol. The van der Waals surface area contributed by atoms with Crippen molar-refractivity contribution < 1.29 is 9.16 Å². The summed E-state index contributed by atoms with van der Waals surface area (Å²) >= 11 is 0. The van der Waals surface area contributed by atoms with E-state index in [9.17, 15) is 0 Å². The minimum absolute atomic E-state index is 0.673. The van der Waals surface area contributed by atoms with Gasteiger partial charge in [0.25, 0.3) is 0 Å². The van der Waals surface area contributed by atoms with Gasteiger partial charge in [0.2, 0.25) is 0 Å². The average Bonchev–Trinajstić information content (AvgIpc) is 3.34. The van der Waals surface area contributed by atoms with Gasteiger partial charge in [-0.1, -0.05) is 70.6 Å². The Morgan fingerprint density at radius 1 is 0.800 bits per heavy atom. The predicted molar refractivity (Wildman–Crippen MR) is 111 cm³/mol. The van der Waals surface area contributed by atoms with E-state index in [0.29, 0.717) is 12.2 Å². The number of ether oxygens (including phenoxy) is 1. The molecule has 1 aliphatic carbocycles. The van der Waals surface area contributed by atoms with Crippen molar-refractivity contribution in [2.45, 2.75) is 128 Å². The van der Waals surface area contributed by atoms with E-state index in [2.05, 4.69) is 20.0 Å². The van der Waals surface area contributed by atoms with Crippen molar-refractivity contribution in [1.82, 2.24) is 0 Å². The summed E-state index contributed by atoms with van der Waals surface area (Å²) in [5.41, 5.74) is 0. The van der Waals surface area contributed by atoms with Crippen molar-refractivity contribution in [2.75, 3.05) is 6.61 Å². The van der Waals surface area contributed by atoms with Gasteiger partial charge in [-0.15, -0.1) is 0 Å². The van der Waals surface area contributed by atoms with Crippen molar-refractivity contribution in [1.29, 1.82) is 0 Å². The summed E-state index contributed by atoms with van der Waals surface area (Å²) in [6, 6.07) is 1.34. The lowest BCUT2D eigenvalue weighted by molar-refractivity contribution is 0.327. The third kappa shape index (κ3) is 9.58. The molecule has 3 unspecified atom stereocenters. The highest BCUT2D eigenvalue weighted by Crippen LogP contribution is 2.41. The molecule has 2 fully saturated rings. The van der Waals surface area contributed by atoms with Gasteiger partial charge in [-0.25, -0.2) is 0 Å². The fraction of sp³-hybridized carbons (Fsp3) is 1.00. The Kier molecular flexibility index (Phi) is 10.1. The van der Waals surface area contributed by atoms with Crippen molar-refractivity contribution >= 4 is 8.32 Å². The van der Waals surface area contributed by atoms with Crippen molar-refractivity contribution in [3.63, 3.8) is 0 Å². The van der Waals surface area contributed by atoms with Crippen LogP contribution in [-0.2, 0) is 9.16 Å². The molecule has 0 amide bonds. The summed E-state index contributed by atoms with van der Waals surface area (Å²) < 4.78 is 11.5. The predicted octanol–water partition coefficient (Wildman–Crippen LogP) is 7.09. The molecule has 0 aromatic heterocycles. The number of hydrogen-bond donors (Lipinski definition) is 0. The van der Waals surface area contributed by atoms with Crippen LogP contribution >= 0.6 is 0 Å². The van der Waals surface area contributed by atoms with Gasteiger partial charge in [-0.2, -0.15) is 0 Å². The minimum atomic E-state index is -1.32. The third-order valence-corrected chi connectivity index (χ3v) is 8.92. The Morgan fingerprint density at radius 3 is 2.00 bits per heavy atom. The van der Waals surface area contributed by atoms with Crippen LogP contribution in [0.25, 0.3) is 0 Å². The molecule has 3 atom stereocenters. The number of fused-ring (bicyclic) bond motifs is 1. The molecule has 1 heterocycles.